The van der Waals surface area contributed by atoms with Gasteiger partial charge in [0.2, 0.25) is 0 Å². The Morgan fingerprint density at radius 1 is 1.11 bits per heavy atom. The summed E-state index contributed by atoms with van der Waals surface area (Å²) < 4.78 is 28.8. The third-order valence-corrected chi connectivity index (χ3v) is 4.78. The Bertz CT molecular complexity index is 852. The number of methoxy groups -OCH3 is 2. The van der Waals surface area contributed by atoms with E-state index >= 15 is 0 Å². The van der Waals surface area contributed by atoms with Crippen LogP contribution in [0.4, 0.5) is 4.39 Å². The molecule has 0 saturated carbocycles. The molecule has 28 heavy (non-hydrogen) atoms. The van der Waals surface area contributed by atoms with Crippen LogP contribution in [0.1, 0.15) is 34.8 Å². The summed E-state index contributed by atoms with van der Waals surface area (Å²) in [6.45, 7) is 0.191. The maximum Gasteiger partial charge on any atom is 0.338 e. The van der Waals surface area contributed by atoms with Crippen molar-refractivity contribution in [3.8, 4) is 11.5 Å². The number of hydrogen-bond acceptors (Lipinski definition) is 5. The van der Waals surface area contributed by atoms with Crippen LogP contribution in [0.5, 0.6) is 11.5 Å². The van der Waals surface area contributed by atoms with Crippen LogP contribution in [-0.2, 0) is 9.53 Å². The highest BCUT2D eigenvalue weighted by Gasteiger charge is 2.32. The molecular weight excluding hydrogens is 365 g/mol. The topological polar surface area (TPSA) is 65.1 Å². The Morgan fingerprint density at radius 3 is 2.54 bits per heavy atom. The van der Waals surface area contributed by atoms with Crippen LogP contribution < -0.4 is 9.47 Å². The van der Waals surface area contributed by atoms with Crippen molar-refractivity contribution in [2.24, 2.45) is 0 Å². The van der Waals surface area contributed by atoms with E-state index in [1.54, 1.807) is 25.2 Å². The average Bonchev–Trinajstić information content (AvgIpc) is 3.21. The van der Waals surface area contributed by atoms with E-state index in [4.69, 9.17) is 14.2 Å². The van der Waals surface area contributed by atoms with Crippen molar-refractivity contribution in [2.75, 3.05) is 27.4 Å². The zero-order valence-corrected chi connectivity index (χ0v) is 15.8. The quantitative estimate of drug-likeness (QED) is 0.711. The summed E-state index contributed by atoms with van der Waals surface area (Å²) in [4.78, 5) is 26.4. The minimum atomic E-state index is -0.664. The number of benzene rings is 2. The fraction of sp³-hybridized carbons (Fsp3) is 0.333. The van der Waals surface area contributed by atoms with E-state index in [1.165, 1.54) is 24.3 Å². The Kier molecular flexibility index (Phi) is 6.13. The van der Waals surface area contributed by atoms with Crippen molar-refractivity contribution in [1.29, 1.82) is 0 Å². The molecule has 6 nitrogen and oxygen atoms in total. The smallest absolute Gasteiger partial charge is 0.338 e. The highest BCUT2D eigenvalue weighted by Crippen LogP contribution is 2.38. The van der Waals surface area contributed by atoms with E-state index in [-0.39, 0.29) is 24.1 Å². The lowest BCUT2D eigenvalue weighted by atomic mass is 10.0. The number of halogens is 1. The van der Waals surface area contributed by atoms with Gasteiger partial charge in [-0.05, 0) is 55.3 Å². The lowest BCUT2D eigenvalue weighted by Crippen LogP contribution is -2.34. The van der Waals surface area contributed by atoms with Crippen LogP contribution in [-0.4, -0.2) is 44.1 Å². The molecule has 0 spiro atoms. The lowest BCUT2D eigenvalue weighted by Gasteiger charge is -2.26. The average molecular weight is 387 g/mol. The van der Waals surface area contributed by atoms with Crippen molar-refractivity contribution in [3.63, 3.8) is 0 Å². The summed E-state index contributed by atoms with van der Waals surface area (Å²) >= 11 is 0. The molecule has 0 radical (unpaired) electrons. The van der Waals surface area contributed by atoms with Crippen LogP contribution >= 0.6 is 0 Å². The van der Waals surface area contributed by atoms with Crippen molar-refractivity contribution >= 4 is 11.9 Å². The number of hydrogen-bond donors (Lipinski definition) is 0. The van der Waals surface area contributed by atoms with Gasteiger partial charge in [-0.15, -0.1) is 0 Å². The van der Waals surface area contributed by atoms with Crippen LogP contribution in [0.3, 0.4) is 0 Å². The molecule has 0 unspecified atom stereocenters. The van der Waals surface area contributed by atoms with Gasteiger partial charge in [0.1, 0.15) is 17.3 Å². The van der Waals surface area contributed by atoms with Crippen molar-refractivity contribution in [3.05, 3.63) is 59.4 Å². The van der Waals surface area contributed by atoms with Gasteiger partial charge in [-0.1, -0.05) is 0 Å². The first-order chi connectivity index (χ1) is 13.5. The van der Waals surface area contributed by atoms with E-state index in [9.17, 15) is 14.0 Å². The number of carbonyl (C=O) groups excluding carboxylic acids is 2. The number of likely N-dealkylation sites (tertiary alicyclic amines) is 1. The van der Waals surface area contributed by atoms with Gasteiger partial charge in [-0.3, -0.25) is 4.79 Å². The Balaban J connectivity index is 1.69. The van der Waals surface area contributed by atoms with Gasteiger partial charge < -0.3 is 19.1 Å². The van der Waals surface area contributed by atoms with Crippen molar-refractivity contribution in [2.45, 2.75) is 18.9 Å². The summed E-state index contributed by atoms with van der Waals surface area (Å²) in [6.07, 6.45) is 1.61. The predicted octanol–water partition coefficient (Wildman–Crippen LogP) is 3.36. The summed E-state index contributed by atoms with van der Waals surface area (Å²) in [5, 5.41) is 0. The second-order valence-corrected chi connectivity index (χ2v) is 6.44. The van der Waals surface area contributed by atoms with E-state index < -0.39 is 11.8 Å². The molecule has 0 bridgehead atoms. The van der Waals surface area contributed by atoms with E-state index in [1.807, 2.05) is 12.1 Å². The molecule has 2 aromatic carbocycles. The van der Waals surface area contributed by atoms with Gasteiger partial charge >= 0.3 is 5.97 Å². The standard InChI is InChI=1S/C21H22FNO5/c1-26-16-9-10-19(27-2)17(12-16)18-4-3-11-23(18)20(24)13-28-21(25)14-5-7-15(22)8-6-14/h5-10,12,18H,3-4,11,13H2,1-2H3/t18-/m1/s1. The maximum absolute atomic E-state index is 13.0. The van der Waals surface area contributed by atoms with Crippen LogP contribution in [0.2, 0.25) is 0 Å². The third kappa shape index (κ3) is 4.24. The maximum atomic E-state index is 13.0. The van der Waals surface area contributed by atoms with Gasteiger partial charge in [0.05, 0.1) is 25.8 Å². The number of ether oxygens (including phenoxy) is 3. The Hall–Kier alpha value is -3.09. The summed E-state index contributed by atoms with van der Waals surface area (Å²) in [7, 11) is 3.16. The number of carbonyl (C=O) groups is 2. The number of esters is 1. The van der Waals surface area contributed by atoms with Gasteiger partial charge in [-0.25, -0.2) is 9.18 Å². The van der Waals surface area contributed by atoms with Gasteiger partial charge in [0, 0.05) is 12.1 Å². The van der Waals surface area contributed by atoms with E-state index in [0.29, 0.717) is 18.0 Å². The highest BCUT2D eigenvalue weighted by atomic mass is 19.1. The molecule has 7 heteroatoms. The molecule has 1 aliphatic heterocycles. The van der Waals surface area contributed by atoms with Crippen LogP contribution in [0.15, 0.2) is 42.5 Å². The molecule has 1 atom stereocenters. The normalized spacial score (nSPS) is 16.0. The van der Waals surface area contributed by atoms with Crippen LogP contribution in [0, 0.1) is 5.82 Å². The van der Waals surface area contributed by atoms with Gasteiger partial charge in [0.25, 0.3) is 5.91 Å². The monoisotopic (exact) mass is 387 g/mol. The molecule has 2 aromatic rings. The number of amides is 1. The van der Waals surface area contributed by atoms with Gasteiger partial charge in [-0.2, -0.15) is 0 Å². The molecule has 1 amide bonds. The lowest BCUT2D eigenvalue weighted by molar-refractivity contribution is -0.135. The zero-order chi connectivity index (χ0) is 20.1. The molecule has 1 heterocycles. The molecular formula is C21H22FNO5. The number of rotatable bonds is 6. The Morgan fingerprint density at radius 2 is 1.86 bits per heavy atom. The second-order valence-electron chi connectivity index (χ2n) is 6.44. The molecule has 0 N–H and O–H groups in total. The van der Waals surface area contributed by atoms with E-state index in [0.717, 1.165) is 18.4 Å². The Labute approximate surface area is 162 Å². The molecule has 0 aliphatic carbocycles. The fourth-order valence-corrected chi connectivity index (χ4v) is 3.37. The van der Waals surface area contributed by atoms with Crippen LogP contribution in [0.25, 0.3) is 0 Å². The molecule has 1 fully saturated rings. The predicted molar refractivity (Wildman–Crippen MR) is 99.9 cm³/mol. The third-order valence-electron chi connectivity index (χ3n) is 4.78. The van der Waals surface area contributed by atoms with Crippen molar-refractivity contribution < 1.29 is 28.2 Å². The summed E-state index contributed by atoms with van der Waals surface area (Å²) in [5.74, 6) is -0.0442. The molecule has 0 aromatic heterocycles. The largest absolute Gasteiger partial charge is 0.497 e. The second kappa shape index (κ2) is 8.73. The summed E-state index contributed by atoms with van der Waals surface area (Å²) in [5.41, 5.74) is 1.05. The SMILES string of the molecule is COc1ccc(OC)c([C@H]2CCCN2C(=O)COC(=O)c2ccc(F)cc2)c1. The molecule has 1 aliphatic rings. The van der Waals surface area contributed by atoms with E-state index in [2.05, 4.69) is 0 Å². The van der Waals surface area contributed by atoms with Crippen molar-refractivity contribution in [1.82, 2.24) is 4.90 Å². The molecule has 1 saturated heterocycles. The minimum absolute atomic E-state index is 0.179. The first-order valence-electron chi connectivity index (χ1n) is 8.97. The molecule has 148 valence electrons. The minimum Gasteiger partial charge on any atom is -0.497 e. The summed E-state index contributed by atoms with van der Waals surface area (Å²) in [6, 6.07) is 10.3. The number of nitrogens with zero attached hydrogens (tertiary/aromatic N) is 1. The highest BCUT2D eigenvalue weighted by molar-refractivity contribution is 5.91. The molecule has 3 rings (SSSR count). The first kappa shape index (κ1) is 19.7. The first-order valence-corrected chi connectivity index (χ1v) is 8.97. The zero-order valence-electron chi connectivity index (χ0n) is 15.8. The van der Waals surface area contributed by atoms with Gasteiger partial charge in [0.15, 0.2) is 6.61 Å². The fourth-order valence-electron chi connectivity index (χ4n) is 3.37.